The van der Waals surface area contributed by atoms with E-state index in [1.54, 1.807) is 17.3 Å². The van der Waals surface area contributed by atoms with Crippen LogP contribution < -0.4 is 10.6 Å². The van der Waals surface area contributed by atoms with E-state index in [-0.39, 0.29) is 48.2 Å². The first-order valence-electron chi connectivity index (χ1n) is 17.7. The first-order valence-corrected chi connectivity index (χ1v) is 18.6. The number of carbonyl (C=O) groups is 5. The van der Waals surface area contributed by atoms with Gasteiger partial charge in [-0.2, -0.15) is 0 Å². The van der Waals surface area contributed by atoms with Crippen LogP contribution in [-0.2, 0) is 30.3 Å². The zero-order valence-corrected chi connectivity index (χ0v) is 31.7. The molecule has 2 aromatic rings. The van der Waals surface area contributed by atoms with Gasteiger partial charge in [-0.15, -0.1) is 11.3 Å². The molecule has 2 unspecified atom stereocenters. The summed E-state index contributed by atoms with van der Waals surface area (Å²) in [6.07, 6.45) is 2.41. The first kappa shape index (κ1) is 41.5. The minimum atomic E-state index is -1.16. The molecule has 6 atom stereocenters. The monoisotopic (exact) mass is 729 g/mol. The van der Waals surface area contributed by atoms with Gasteiger partial charge < -0.3 is 30.5 Å². The number of likely N-dealkylation sites (N-methyl/N-ethyl adjacent to an activating group) is 2. The highest BCUT2D eigenvalue weighted by Crippen LogP contribution is 2.31. The van der Waals surface area contributed by atoms with Crippen LogP contribution in [0.5, 0.6) is 0 Å². The van der Waals surface area contributed by atoms with Crippen LogP contribution in [0.4, 0.5) is 0 Å². The summed E-state index contributed by atoms with van der Waals surface area (Å²) in [7, 11) is 3.62. The van der Waals surface area contributed by atoms with Gasteiger partial charge >= 0.3 is 11.9 Å². The molecule has 1 aliphatic rings. The molecule has 3 rings (SSSR count). The maximum Gasteiger partial charge on any atom is 0.308 e. The van der Waals surface area contributed by atoms with Crippen molar-refractivity contribution in [1.29, 1.82) is 0 Å². The quantitative estimate of drug-likeness (QED) is 0.166. The number of piperidine rings is 1. The molecule has 51 heavy (non-hydrogen) atoms. The Morgan fingerprint density at radius 1 is 1.04 bits per heavy atom. The van der Waals surface area contributed by atoms with Crippen LogP contribution in [0.1, 0.15) is 93.9 Å². The number of amides is 3. The van der Waals surface area contributed by atoms with E-state index in [0.29, 0.717) is 11.4 Å². The van der Waals surface area contributed by atoms with Crippen molar-refractivity contribution in [2.45, 2.75) is 103 Å². The van der Waals surface area contributed by atoms with Crippen molar-refractivity contribution in [2.75, 3.05) is 27.2 Å². The van der Waals surface area contributed by atoms with Gasteiger partial charge in [0, 0.05) is 37.9 Å². The Morgan fingerprint density at radius 2 is 1.73 bits per heavy atom. The number of carbonyl (C=O) groups excluding carboxylic acids is 4. The highest BCUT2D eigenvalue weighted by atomic mass is 32.1. The minimum absolute atomic E-state index is 0.00511. The number of thiazole rings is 1. The fourth-order valence-corrected chi connectivity index (χ4v) is 7.38. The zero-order chi connectivity index (χ0) is 37.8. The highest BCUT2D eigenvalue weighted by Gasteiger charge is 2.37. The summed E-state index contributed by atoms with van der Waals surface area (Å²) in [6, 6.07) is 7.23. The molecule has 1 aromatic carbocycles. The number of aliphatic hydroxyl groups excluding tert-OH is 1. The number of nitrogens with one attached hydrogen (secondary N) is 2. The highest BCUT2D eigenvalue weighted by molar-refractivity contribution is 7.09. The van der Waals surface area contributed by atoms with Crippen molar-refractivity contribution >= 4 is 41.0 Å². The normalized spacial score (nSPS) is 18.0. The number of aliphatic carboxylic acids is 1. The predicted molar refractivity (Wildman–Crippen MR) is 194 cm³/mol. The third kappa shape index (κ3) is 12.1. The molecule has 282 valence electrons. The molecular weight excluding hydrogens is 675 g/mol. The third-order valence-corrected chi connectivity index (χ3v) is 10.4. The molecule has 1 fully saturated rings. The Kier molecular flexibility index (Phi) is 16.0. The van der Waals surface area contributed by atoms with Gasteiger partial charge in [0.15, 0.2) is 6.10 Å². The molecule has 0 radical (unpaired) electrons. The van der Waals surface area contributed by atoms with Crippen molar-refractivity contribution < 1.29 is 38.9 Å². The predicted octanol–water partition coefficient (Wildman–Crippen LogP) is 3.67. The van der Waals surface area contributed by atoms with Crippen LogP contribution in [0, 0.1) is 17.8 Å². The average Bonchev–Trinajstić information content (AvgIpc) is 3.58. The van der Waals surface area contributed by atoms with E-state index in [2.05, 4.69) is 15.6 Å². The number of hydrogen-bond acceptors (Lipinski definition) is 10. The summed E-state index contributed by atoms with van der Waals surface area (Å²) < 4.78 is 5.73. The van der Waals surface area contributed by atoms with Gasteiger partial charge in [0.1, 0.15) is 16.7 Å². The Morgan fingerprint density at radius 3 is 2.29 bits per heavy atom. The zero-order valence-electron chi connectivity index (χ0n) is 30.8. The number of nitrogens with zero attached hydrogens (tertiary/aromatic N) is 3. The van der Waals surface area contributed by atoms with E-state index >= 15 is 0 Å². The molecule has 4 N–H and O–H groups in total. The summed E-state index contributed by atoms with van der Waals surface area (Å²) in [5.74, 6) is -3.96. The van der Waals surface area contributed by atoms with Crippen LogP contribution >= 0.6 is 11.3 Å². The fraction of sp³-hybridized carbons (Fsp3) is 0.622. The Hall–Kier alpha value is -3.88. The molecule has 0 bridgehead atoms. The fourth-order valence-electron chi connectivity index (χ4n) is 6.54. The van der Waals surface area contributed by atoms with Crippen molar-refractivity contribution in [3.05, 3.63) is 52.0 Å². The summed E-state index contributed by atoms with van der Waals surface area (Å²) in [6.45, 7) is 9.25. The molecule has 0 saturated carbocycles. The number of carboxylic acids is 1. The largest absolute Gasteiger partial charge is 0.481 e. The Labute approximate surface area is 305 Å². The standard InChI is InChI=1S/C37H55N5O8S/c1-22(2)30(42(7)36(47)32(23(3)4)40-34(46)29-15-11-12-16-41(29)6)19-31(50-24(5)44)35-39-28(21-51-35)33(45)38-27(18-26(20-43)37(48)49)17-25-13-9-8-10-14-25/h8-10,13-14,21-23,26-27,29-32,43H,11-12,15-20H2,1-7H3,(H,38,45)(H,40,46)(H,48,49)/t26-,27+,29?,30-,31-,32?/m1/s1. The number of aromatic nitrogens is 1. The van der Waals surface area contributed by atoms with Gasteiger partial charge in [0.2, 0.25) is 11.8 Å². The maximum atomic E-state index is 14.0. The molecule has 0 aliphatic carbocycles. The maximum absolute atomic E-state index is 14.0. The number of carboxylic acid groups (broad SMARTS) is 1. The third-order valence-electron chi connectivity index (χ3n) is 9.51. The van der Waals surface area contributed by atoms with E-state index in [1.807, 2.05) is 70.0 Å². The van der Waals surface area contributed by atoms with E-state index in [0.717, 1.165) is 42.7 Å². The van der Waals surface area contributed by atoms with Gasteiger partial charge in [-0.3, -0.25) is 28.9 Å². The number of likely N-dealkylation sites (tertiary alicyclic amines) is 1. The van der Waals surface area contributed by atoms with Crippen LogP contribution in [-0.4, -0.2) is 106 Å². The smallest absolute Gasteiger partial charge is 0.308 e. The molecular formula is C37H55N5O8S. The number of esters is 1. The van der Waals surface area contributed by atoms with Crippen LogP contribution in [0.2, 0.25) is 0 Å². The van der Waals surface area contributed by atoms with Gasteiger partial charge in [-0.05, 0) is 56.7 Å². The SMILES string of the molecule is CC(=O)O[C@H](C[C@H](C(C)C)N(C)C(=O)C(NC(=O)C1CCCCN1C)C(C)C)c1nc(C(=O)N[C@@H](Cc2ccccc2)C[C@H](CO)C(=O)O)cs1. The number of aliphatic hydroxyl groups is 1. The molecule has 1 aliphatic heterocycles. The van der Waals surface area contributed by atoms with Crippen LogP contribution in [0.25, 0.3) is 0 Å². The van der Waals surface area contributed by atoms with Gasteiger partial charge in [-0.1, -0.05) is 64.4 Å². The second-order valence-electron chi connectivity index (χ2n) is 14.2. The lowest BCUT2D eigenvalue weighted by atomic mass is 9.94. The summed E-state index contributed by atoms with van der Waals surface area (Å²) in [5, 5.41) is 27.0. The lowest BCUT2D eigenvalue weighted by Crippen LogP contribution is -2.57. The summed E-state index contributed by atoms with van der Waals surface area (Å²) in [4.78, 5) is 72.9. The van der Waals surface area contributed by atoms with Crippen LogP contribution in [0.3, 0.4) is 0 Å². The number of ether oxygens (including phenoxy) is 1. The molecule has 2 heterocycles. The molecule has 0 spiro atoms. The Balaban J connectivity index is 1.80. The average molecular weight is 730 g/mol. The lowest BCUT2D eigenvalue weighted by Gasteiger charge is -2.37. The topological polar surface area (TPSA) is 178 Å². The second-order valence-corrected chi connectivity index (χ2v) is 15.1. The first-order chi connectivity index (χ1) is 24.1. The van der Waals surface area contributed by atoms with E-state index in [4.69, 9.17) is 4.74 Å². The number of hydrogen-bond donors (Lipinski definition) is 4. The molecule has 3 amide bonds. The molecule has 1 aromatic heterocycles. The number of benzene rings is 1. The van der Waals surface area contributed by atoms with E-state index < -0.39 is 54.6 Å². The lowest BCUT2D eigenvalue weighted by molar-refractivity contribution is -0.149. The van der Waals surface area contributed by atoms with Crippen molar-refractivity contribution in [2.24, 2.45) is 17.8 Å². The second kappa shape index (κ2) is 19.7. The molecule has 14 heteroatoms. The van der Waals surface area contributed by atoms with Crippen molar-refractivity contribution in [3.8, 4) is 0 Å². The van der Waals surface area contributed by atoms with E-state index in [1.165, 1.54) is 6.92 Å². The minimum Gasteiger partial charge on any atom is -0.481 e. The molecule has 1 saturated heterocycles. The van der Waals surface area contributed by atoms with Gasteiger partial charge in [0.05, 0.1) is 18.6 Å². The van der Waals surface area contributed by atoms with E-state index in [9.17, 15) is 34.2 Å². The summed E-state index contributed by atoms with van der Waals surface area (Å²) >= 11 is 1.14. The van der Waals surface area contributed by atoms with Crippen LogP contribution in [0.15, 0.2) is 35.7 Å². The number of rotatable bonds is 18. The van der Waals surface area contributed by atoms with Gasteiger partial charge in [-0.25, -0.2) is 4.98 Å². The molecule has 13 nitrogen and oxygen atoms in total. The van der Waals surface area contributed by atoms with Crippen molar-refractivity contribution in [1.82, 2.24) is 25.4 Å². The van der Waals surface area contributed by atoms with Crippen molar-refractivity contribution in [3.63, 3.8) is 0 Å². The van der Waals surface area contributed by atoms with Gasteiger partial charge in [0.25, 0.3) is 5.91 Å². The Bertz CT molecular complexity index is 1470. The summed E-state index contributed by atoms with van der Waals surface area (Å²) in [5.41, 5.74) is 0.958.